The van der Waals surface area contributed by atoms with E-state index in [0.717, 1.165) is 10.2 Å². The van der Waals surface area contributed by atoms with Gasteiger partial charge in [-0.15, -0.1) is 0 Å². The first-order chi connectivity index (χ1) is 12.8. The van der Waals surface area contributed by atoms with Gasteiger partial charge in [0.05, 0.1) is 5.69 Å². The molecule has 1 N–H and O–H groups in total. The standard InChI is InChI=1S/C18H18F2N4O3/c1-11-12(2)23-24(17(26)15(11)9-21)10-16(25)22-8-7-13-3-5-14(6-4-13)27-18(19)20/h3-6,18H,7-8,10H2,1-2H3,(H,22,25). The Morgan fingerprint density at radius 1 is 1.33 bits per heavy atom. The number of nitrogens with one attached hydrogen (secondary N) is 1. The highest BCUT2D eigenvalue weighted by Crippen LogP contribution is 2.15. The maximum atomic E-state index is 12.1. The summed E-state index contributed by atoms with van der Waals surface area (Å²) in [6.07, 6.45) is 0.472. The molecule has 2 aromatic rings. The van der Waals surface area contributed by atoms with E-state index in [1.54, 1.807) is 26.0 Å². The summed E-state index contributed by atoms with van der Waals surface area (Å²) in [5.41, 5.74) is 1.19. The van der Waals surface area contributed by atoms with Crippen LogP contribution in [0.3, 0.4) is 0 Å². The van der Waals surface area contributed by atoms with Crippen LogP contribution in [-0.2, 0) is 17.8 Å². The van der Waals surface area contributed by atoms with Gasteiger partial charge in [-0.25, -0.2) is 4.68 Å². The Morgan fingerprint density at radius 3 is 2.59 bits per heavy atom. The topological polar surface area (TPSA) is 97.0 Å². The number of carbonyl (C=O) groups is 1. The Hall–Kier alpha value is -3.28. The van der Waals surface area contributed by atoms with Crippen molar-refractivity contribution in [2.45, 2.75) is 33.4 Å². The van der Waals surface area contributed by atoms with E-state index >= 15 is 0 Å². The third kappa shape index (κ3) is 5.34. The van der Waals surface area contributed by atoms with E-state index in [4.69, 9.17) is 5.26 Å². The predicted octanol–water partition coefficient (Wildman–Crippen LogP) is 1.69. The fourth-order valence-corrected chi connectivity index (χ4v) is 2.39. The van der Waals surface area contributed by atoms with Crippen molar-refractivity contribution >= 4 is 5.91 Å². The molecule has 0 radical (unpaired) electrons. The maximum absolute atomic E-state index is 12.1. The molecule has 7 nitrogen and oxygen atoms in total. The molecule has 1 aromatic heterocycles. The molecule has 9 heteroatoms. The zero-order valence-electron chi connectivity index (χ0n) is 14.8. The number of benzene rings is 1. The van der Waals surface area contributed by atoms with Crippen LogP contribution in [0, 0.1) is 25.2 Å². The molecule has 0 saturated carbocycles. The third-order valence-electron chi connectivity index (χ3n) is 3.93. The van der Waals surface area contributed by atoms with Crippen molar-refractivity contribution in [3.05, 3.63) is 57.0 Å². The van der Waals surface area contributed by atoms with Crippen molar-refractivity contribution < 1.29 is 18.3 Å². The van der Waals surface area contributed by atoms with Crippen LogP contribution in [0.4, 0.5) is 8.78 Å². The Kier molecular flexibility index (Phi) is 6.60. The number of hydrogen-bond donors (Lipinski definition) is 1. The Balaban J connectivity index is 1.91. The van der Waals surface area contributed by atoms with Crippen LogP contribution in [0.2, 0.25) is 0 Å². The van der Waals surface area contributed by atoms with Gasteiger partial charge in [-0.05, 0) is 43.5 Å². The second-order valence-corrected chi connectivity index (χ2v) is 5.78. The lowest BCUT2D eigenvalue weighted by Gasteiger charge is -2.10. The van der Waals surface area contributed by atoms with Gasteiger partial charge in [0.1, 0.15) is 23.9 Å². The zero-order chi connectivity index (χ0) is 20.0. The summed E-state index contributed by atoms with van der Waals surface area (Å²) in [5.74, 6) is -0.360. The van der Waals surface area contributed by atoms with Crippen LogP contribution in [0.1, 0.15) is 22.4 Å². The van der Waals surface area contributed by atoms with E-state index < -0.39 is 18.1 Å². The average Bonchev–Trinajstić information content (AvgIpc) is 2.61. The summed E-state index contributed by atoms with van der Waals surface area (Å²) in [5, 5.41) is 15.8. The Morgan fingerprint density at radius 2 is 2.00 bits per heavy atom. The molecule has 1 heterocycles. The number of amides is 1. The number of nitrogens with zero attached hydrogens (tertiary/aromatic N) is 3. The van der Waals surface area contributed by atoms with Gasteiger partial charge >= 0.3 is 6.61 Å². The molecule has 0 unspecified atom stereocenters. The molecule has 0 saturated heterocycles. The second kappa shape index (κ2) is 8.89. The number of aryl methyl sites for hydroxylation is 1. The highest BCUT2D eigenvalue weighted by molar-refractivity contribution is 5.75. The van der Waals surface area contributed by atoms with E-state index in [-0.39, 0.29) is 17.9 Å². The molecule has 0 aliphatic rings. The summed E-state index contributed by atoms with van der Waals surface area (Å²) in [6, 6.07) is 7.93. The SMILES string of the molecule is Cc1nn(CC(=O)NCCc2ccc(OC(F)F)cc2)c(=O)c(C#N)c1C. The molecule has 1 aromatic carbocycles. The summed E-state index contributed by atoms with van der Waals surface area (Å²) in [4.78, 5) is 24.2. The number of carbonyl (C=O) groups excluding carboxylic acids is 1. The quantitative estimate of drug-likeness (QED) is 0.793. The summed E-state index contributed by atoms with van der Waals surface area (Å²) in [7, 11) is 0. The first kappa shape index (κ1) is 20.0. The zero-order valence-corrected chi connectivity index (χ0v) is 14.8. The van der Waals surface area contributed by atoms with Gasteiger partial charge in [0.2, 0.25) is 5.91 Å². The molecular weight excluding hydrogens is 358 g/mol. The second-order valence-electron chi connectivity index (χ2n) is 5.78. The molecule has 0 aliphatic heterocycles. The molecule has 142 valence electrons. The first-order valence-electron chi connectivity index (χ1n) is 8.10. The van der Waals surface area contributed by atoms with E-state index in [1.165, 1.54) is 12.1 Å². The van der Waals surface area contributed by atoms with E-state index in [2.05, 4.69) is 15.2 Å². The Labute approximate surface area is 154 Å². The predicted molar refractivity (Wildman–Crippen MR) is 92.5 cm³/mol. The van der Waals surface area contributed by atoms with Crippen LogP contribution < -0.4 is 15.6 Å². The number of hydrogen-bond acceptors (Lipinski definition) is 5. The number of nitriles is 1. The monoisotopic (exact) mass is 376 g/mol. The molecule has 0 spiro atoms. The van der Waals surface area contributed by atoms with Crippen molar-refractivity contribution in [1.29, 1.82) is 5.26 Å². The highest BCUT2D eigenvalue weighted by Gasteiger charge is 2.13. The van der Waals surface area contributed by atoms with Crippen LogP contribution in [-0.4, -0.2) is 28.8 Å². The van der Waals surface area contributed by atoms with Crippen LogP contribution >= 0.6 is 0 Å². The summed E-state index contributed by atoms with van der Waals surface area (Å²) < 4.78 is 29.4. The molecule has 0 atom stereocenters. The van der Waals surface area contributed by atoms with Gasteiger partial charge in [-0.1, -0.05) is 12.1 Å². The van der Waals surface area contributed by atoms with Crippen LogP contribution in [0.25, 0.3) is 0 Å². The first-order valence-corrected chi connectivity index (χ1v) is 8.10. The number of rotatable bonds is 7. The smallest absolute Gasteiger partial charge is 0.387 e. The third-order valence-corrected chi connectivity index (χ3v) is 3.93. The largest absolute Gasteiger partial charge is 0.435 e. The summed E-state index contributed by atoms with van der Waals surface area (Å²) in [6.45, 7) is 0.406. The van der Waals surface area contributed by atoms with Gasteiger partial charge in [-0.3, -0.25) is 9.59 Å². The molecule has 0 bridgehead atoms. The van der Waals surface area contributed by atoms with Crippen LogP contribution in [0.15, 0.2) is 29.1 Å². The van der Waals surface area contributed by atoms with Crippen molar-refractivity contribution in [2.75, 3.05) is 6.54 Å². The van der Waals surface area contributed by atoms with E-state index in [9.17, 15) is 18.4 Å². The van der Waals surface area contributed by atoms with E-state index in [0.29, 0.717) is 24.2 Å². The minimum absolute atomic E-state index is 0.0265. The molecule has 2 rings (SSSR count). The normalized spacial score (nSPS) is 10.5. The number of aromatic nitrogens is 2. The Bertz CT molecular complexity index is 918. The van der Waals surface area contributed by atoms with Gasteiger partial charge in [-0.2, -0.15) is 19.1 Å². The van der Waals surface area contributed by atoms with Gasteiger partial charge in [0.15, 0.2) is 0 Å². The lowest BCUT2D eigenvalue weighted by atomic mass is 10.1. The van der Waals surface area contributed by atoms with Crippen molar-refractivity contribution in [3.63, 3.8) is 0 Å². The minimum Gasteiger partial charge on any atom is -0.435 e. The van der Waals surface area contributed by atoms with Crippen molar-refractivity contribution in [2.24, 2.45) is 0 Å². The van der Waals surface area contributed by atoms with E-state index in [1.807, 2.05) is 6.07 Å². The molecule has 27 heavy (non-hydrogen) atoms. The minimum atomic E-state index is -2.88. The fraction of sp³-hybridized carbons (Fsp3) is 0.333. The van der Waals surface area contributed by atoms with Gasteiger partial charge in [0.25, 0.3) is 5.56 Å². The number of alkyl halides is 2. The maximum Gasteiger partial charge on any atom is 0.387 e. The summed E-state index contributed by atoms with van der Waals surface area (Å²) >= 11 is 0. The molecule has 0 fully saturated rings. The van der Waals surface area contributed by atoms with Crippen molar-refractivity contribution in [1.82, 2.24) is 15.1 Å². The average molecular weight is 376 g/mol. The molecule has 0 aliphatic carbocycles. The molecular formula is C18H18F2N4O3. The highest BCUT2D eigenvalue weighted by atomic mass is 19.3. The van der Waals surface area contributed by atoms with Gasteiger partial charge in [0, 0.05) is 6.54 Å². The number of halogens is 2. The lowest BCUT2D eigenvalue weighted by molar-refractivity contribution is -0.121. The number of ether oxygens (including phenoxy) is 1. The fourth-order valence-electron chi connectivity index (χ4n) is 2.39. The lowest BCUT2D eigenvalue weighted by Crippen LogP contribution is -2.36. The molecule has 1 amide bonds. The van der Waals surface area contributed by atoms with Crippen molar-refractivity contribution in [3.8, 4) is 11.8 Å². The van der Waals surface area contributed by atoms with Gasteiger partial charge < -0.3 is 10.1 Å². The van der Waals surface area contributed by atoms with Crippen LogP contribution in [0.5, 0.6) is 5.75 Å².